The zero-order valence-electron chi connectivity index (χ0n) is 11.3. The van der Waals surface area contributed by atoms with Crippen molar-refractivity contribution in [1.82, 2.24) is 29.9 Å². The zero-order chi connectivity index (χ0) is 14.7. The fraction of sp³-hybridized carbons (Fsp3) is 0.250. The number of nitrogens with zero attached hydrogens (tertiary/aromatic N) is 4. The number of fused-ring (bicyclic) bond motifs is 1. The van der Waals surface area contributed by atoms with E-state index in [9.17, 15) is 4.79 Å². The maximum absolute atomic E-state index is 11.3. The minimum absolute atomic E-state index is 0.202. The van der Waals surface area contributed by atoms with E-state index in [4.69, 9.17) is 0 Å². The Morgan fingerprint density at radius 3 is 3.05 bits per heavy atom. The first-order valence-corrected chi connectivity index (χ1v) is 7.26. The van der Waals surface area contributed by atoms with Crippen molar-refractivity contribution in [2.75, 3.05) is 11.9 Å². The highest BCUT2D eigenvalue weighted by Crippen LogP contribution is 2.27. The van der Waals surface area contributed by atoms with Gasteiger partial charge in [-0.15, -0.1) is 0 Å². The first kappa shape index (κ1) is 13.6. The standard InChI is InChI=1S/C12H13N7OS/c1-2-4-13-11-18-9-8(15-6-16-9)10(19-11)21-12-14-5-3-7(20)17-12/h3,5-6H,2,4H2,1H3,(H,14,17,20)(H2,13,15,16,18,19). The molecule has 0 saturated carbocycles. The maximum atomic E-state index is 11.3. The van der Waals surface area contributed by atoms with Crippen molar-refractivity contribution in [3.8, 4) is 0 Å². The van der Waals surface area contributed by atoms with E-state index < -0.39 is 0 Å². The van der Waals surface area contributed by atoms with Gasteiger partial charge in [0.1, 0.15) is 10.5 Å². The molecule has 0 fully saturated rings. The van der Waals surface area contributed by atoms with Gasteiger partial charge in [0.15, 0.2) is 10.8 Å². The molecule has 0 radical (unpaired) electrons. The van der Waals surface area contributed by atoms with Gasteiger partial charge in [-0.3, -0.25) is 4.79 Å². The van der Waals surface area contributed by atoms with Crippen LogP contribution in [0.15, 0.2) is 33.6 Å². The Balaban J connectivity index is 1.99. The smallest absolute Gasteiger partial charge is 0.251 e. The van der Waals surface area contributed by atoms with E-state index in [-0.39, 0.29) is 5.56 Å². The molecule has 0 aromatic carbocycles. The van der Waals surface area contributed by atoms with E-state index in [1.54, 1.807) is 6.33 Å². The minimum Gasteiger partial charge on any atom is -0.354 e. The second-order valence-electron chi connectivity index (χ2n) is 4.22. The molecule has 9 heteroatoms. The minimum atomic E-state index is -0.202. The third-order valence-corrected chi connectivity index (χ3v) is 3.52. The largest absolute Gasteiger partial charge is 0.354 e. The van der Waals surface area contributed by atoms with Gasteiger partial charge in [0, 0.05) is 18.8 Å². The van der Waals surface area contributed by atoms with Crippen LogP contribution in [0.4, 0.5) is 5.95 Å². The predicted octanol–water partition coefficient (Wildman–Crippen LogP) is 1.41. The lowest BCUT2D eigenvalue weighted by atomic mass is 10.5. The molecule has 0 amide bonds. The molecule has 0 aliphatic carbocycles. The van der Waals surface area contributed by atoms with Crippen LogP contribution in [0.1, 0.15) is 13.3 Å². The molecule has 8 nitrogen and oxygen atoms in total. The van der Waals surface area contributed by atoms with Crippen molar-refractivity contribution in [2.24, 2.45) is 0 Å². The Bertz CT molecular complexity index is 812. The number of nitrogens with one attached hydrogen (secondary N) is 3. The number of hydrogen-bond acceptors (Lipinski definition) is 7. The highest BCUT2D eigenvalue weighted by Gasteiger charge is 2.12. The summed E-state index contributed by atoms with van der Waals surface area (Å²) in [6, 6.07) is 1.37. The van der Waals surface area contributed by atoms with E-state index in [2.05, 4.69) is 42.1 Å². The second-order valence-corrected chi connectivity index (χ2v) is 5.20. The van der Waals surface area contributed by atoms with Crippen LogP contribution >= 0.6 is 11.8 Å². The van der Waals surface area contributed by atoms with Gasteiger partial charge in [-0.1, -0.05) is 6.92 Å². The van der Waals surface area contributed by atoms with Crippen LogP contribution < -0.4 is 10.9 Å². The Hall–Kier alpha value is -2.42. The fourth-order valence-electron chi connectivity index (χ4n) is 1.69. The molecular weight excluding hydrogens is 290 g/mol. The summed E-state index contributed by atoms with van der Waals surface area (Å²) in [6.45, 7) is 2.84. The molecule has 0 aliphatic heterocycles. The van der Waals surface area contributed by atoms with Crippen LogP contribution in [0.25, 0.3) is 11.2 Å². The molecule has 0 saturated heterocycles. The normalized spacial score (nSPS) is 10.9. The van der Waals surface area contributed by atoms with Gasteiger partial charge < -0.3 is 15.3 Å². The molecule has 3 N–H and O–H groups in total. The molecule has 3 aromatic heterocycles. The molecule has 3 rings (SSSR count). The Kier molecular flexibility index (Phi) is 3.82. The first-order chi connectivity index (χ1) is 10.3. The predicted molar refractivity (Wildman–Crippen MR) is 79.4 cm³/mol. The summed E-state index contributed by atoms with van der Waals surface area (Å²) < 4.78 is 0. The summed E-state index contributed by atoms with van der Waals surface area (Å²) in [5.74, 6) is 0.511. The number of rotatable bonds is 5. The maximum Gasteiger partial charge on any atom is 0.251 e. The van der Waals surface area contributed by atoms with Gasteiger partial charge in [0.2, 0.25) is 5.95 Å². The second kappa shape index (κ2) is 5.92. The Morgan fingerprint density at radius 2 is 2.24 bits per heavy atom. The average Bonchev–Trinajstić information content (AvgIpc) is 2.94. The van der Waals surface area contributed by atoms with Crippen molar-refractivity contribution in [2.45, 2.75) is 23.5 Å². The van der Waals surface area contributed by atoms with Gasteiger partial charge >= 0.3 is 0 Å². The molecule has 0 atom stereocenters. The molecule has 0 bridgehead atoms. The summed E-state index contributed by atoms with van der Waals surface area (Å²) in [5.41, 5.74) is 1.09. The van der Waals surface area contributed by atoms with E-state index >= 15 is 0 Å². The lowest BCUT2D eigenvalue weighted by Crippen LogP contribution is -2.07. The molecule has 0 unspecified atom stereocenters. The third-order valence-electron chi connectivity index (χ3n) is 2.63. The van der Waals surface area contributed by atoms with Crippen LogP contribution in [0.3, 0.4) is 0 Å². The lowest BCUT2D eigenvalue weighted by molar-refractivity contribution is 0.925. The molecule has 21 heavy (non-hydrogen) atoms. The molecular formula is C12H13N7OS. The van der Waals surface area contributed by atoms with E-state index in [1.807, 2.05) is 0 Å². The molecule has 3 aromatic rings. The average molecular weight is 303 g/mol. The number of imidazole rings is 1. The number of aromatic amines is 2. The third kappa shape index (κ3) is 3.02. The van der Waals surface area contributed by atoms with Crippen molar-refractivity contribution < 1.29 is 0 Å². The van der Waals surface area contributed by atoms with Gasteiger partial charge in [0.25, 0.3) is 5.56 Å². The van der Waals surface area contributed by atoms with E-state index in [1.165, 1.54) is 24.0 Å². The first-order valence-electron chi connectivity index (χ1n) is 6.44. The van der Waals surface area contributed by atoms with Crippen LogP contribution in [-0.2, 0) is 0 Å². The van der Waals surface area contributed by atoms with Crippen LogP contribution in [-0.4, -0.2) is 36.4 Å². The van der Waals surface area contributed by atoms with Crippen molar-refractivity contribution in [3.05, 3.63) is 28.9 Å². The Labute approximate surface area is 123 Å². The SMILES string of the molecule is CCCNc1nc(Sc2nccc(=O)[nH]2)c2[nH]cnc2n1. The summed E-state index contributed by atoms with van der Waals surface area (Å²) >= 11 is 1.25. The van der Waals surface area contributed by atoms with Crippen LogP contribution in [0.2, 0.25) is 0 Å². The van der Waals surface area contributed by atoms with E-state index in [0.29, 0.717) is 27.3 Å². The Morgan fingerprint density at radius 1 is 1.33 bits per heavy atom. The van der Waals surface area contributed by atoms with Gasteiger partial charge in [-0.25, -0.2) is 15.0 Å². The van der Waals surface area contributed by atoms with Crippen LogP contribution in [0.5, 0.6) is 0 Å². The highest BCUT2D eigenvalue weighted by atomic mass is 32.2. The van der Waals surface area contributed by atoms with Crippen molar-refractivity contribution in [3.63, 3.8) is 0 Å². The zero-order valence-corrected chi connectivity index (χ0v) is 12.1. The summed E-state index contributed by atoms with van der Waals surface area (Å²) in [6.07, 6.45) is 3.99. The molecule has 3 heterocycles. The lowest BCUT2D eigenvalue weighted by Gasteiger charge is -2.06. The van der Waals surface area contributed by atoms with Gasteiger partial charge in [-0.05, 0) is 18.2 Å². The molecule has 0 aliphatic rings. The van der Waals surface area contributed by atoms with E-state index in [0.717, 1.165) is 13.0 Å². The highest BCUT2D eigenvalue weighted by molar-refractivity contribution is 7.99. The van der Waals surface area contributed by atoms with Crippen molar-refractivity contribution in [1.29, 1.82) is 0 Å². The summed E-state index contributed by atoms with van der Waals surface area (Å²) in [4.78, 5) is 34.0. The number of aromatic nitrogens is 6. The van der Waals surface area contributed by atoms with Crippen molar-refractivity contribution >= 4 is 28.9 Å². The number of hydrogen-bond donors (Lipinski definition) is 3. The van der Waals surface area contributed by atoms with Gasteiger partial charge in [0.05, 0.1) is 6.33 Å². The summed E-state index contributed by atoms with van der Waals surface area (Å²) in [7, 11) is 0. The fourth-order valence-corrected chi connectivity index (χ4v) is 2.52. The summed E-state index contributed by atoms with van der Waals surface area (Å²) in [5, 5.41) is 4.26. The topological polar surface area (TPSA) is 112 Å². The monoisotopic (exact) mass is 303 g/mol. The number of H-pyrrole nitrogens is 2. The molecule has 108 valence electrons. The van der Waals surface area contributed by atoms with Crippen LogP contribution in [0, 0.1) is 0 Å². The molecule has 0 spiro atoms. The number of anilines is 1. The van der Waals surface area contributed by atoms with Gasteiger partial charge in [-0.2, -0.15) is 4.98 Å². The quantitative estimate of drug-likeness (QED) is 0.482.